The predicted molar refractivity (Wildman–Crippen MR) is 94.9 cm³/mol. The van der Waals surface area contributed by atoms with Crippen molar-refractivity contribution in [1.29, 1.82) is 0 Å². The van der Waals surface area contributed by atoms with E-state index in [0.29, 0.717) is 22.3 Å². The van der Waals surface area contributed by atoms with Gasteiger partial charge in [0.25, 0.3) is 0 Å². The van der Waals surface area contributed by atoms with E-state index in [1.165, 1.54) is 29.0 Å². The Kier molecular flexibility index (Phi) is 4.72. The summed E-state index contributed by atoms with van der Waals surface area (Å²) < 4.78 is 48.3. The molecule has 4 nitrogen and oxygen atoms in total. The molecule has 0 aliphatic rings. The molecule has 0 saturated heterocycles. The maximum absolute atomic E-state index is 14.4. The standard InChI is InChI=1S/C19H12F3N3OS/c20-13-8-7-12(15(22)10-13)11-27-19-24-23-18(17-6-3-9-26-17)25(19)16-5-2-1-4-14(16)21/h1-10H,11H2. The molecule has 0 bridgehead atoms. The Hall–Kier alpha value is -3.00. The first-order valence-electron chi connectivity index (χ1n) is 7.94. The van der Waals surface area contributed by atoms with Crippen LogP contribution in [0.2, 0.25) is 0 Å². The summed E-state index contributed by atoms with van der Waals surface area (Å²) in [6.07, 6.45) is 1.48. The van der Waals surface area contributed by atoms with Crippen LogP contribution in [0.3, 0.4) is 0 Å². The van der Waals surface area contributed by atoms with Crippen molar-refractivity contribution in [2.24, 2.45) is 0 Å². The zero-order valence-electron chi connectivity index (χ0n) is 13.8. The zero-order valence-corrected chi connectivity index (χ0v) is 14.6. The molecule has 0 fully saturated rings. The Morgan fingerprint density at radius 2 is 1.78 bits per heavy atom. The van der Waals surface area contributed by atoms with E-state index in [2.05, 4.69) is 10.2 Å². The number of para-hydroxylation sites is 1. The van der Waals surface area contributed by atoms with E-state index in [4.69, 9.17) is 4.42 Å². The van der Waals surface area contributed by atoms with Crippen LogP contribution < -0.4 is 0 Å². The number of halogens is 3. The molecule has 4 rings (SSSR count). The quantitative estimate of drug-likeness (QED) is 0.440. The van der Waals surface area contributed by atoms with Gasteiger partial charge in [-0.25, -0.2) is 13.2 Å². The molecule has 0 atom stereocenters. The van der Waals surface area contributed by atoms with E-state index >= 15 is 0 Å². The molecule has 136 valence electrons. The average Bonchev–Trinajstić information content (AvgIpc) is 3.31. The van der Waals surface area contributed by atoms with Gasteiger partial charge in [-0.05, 0) is 35.9 Å². The van der Waals surface area contributed by atoms with Crippen LogP contribution in [0.25, 0.3) is 17.3 Å². The van der Waals surface area contributed by atoms with Crippen LogP contribution in [0, 0.1) is 17.5 Å². The minimum Gasteiger partial charge on any atom is -0.461 e. The van der Waals surface area contributed by atoms with Gasteiger partial charge in [-0.2, -0.15) is 0 Å². The second-order valence-electron chi connectivity index (χ2n) is 5.59. The lowest BCUT2D eigenvalue weighted by atomic mass is 10.2. The molecule has 2 aromatic heterocycles. The monoisotopic (exact) mass is 387 g/mol. The van der Waals surface area contributed by atoms with Crippen LogP contribution >= 0.6 is 11.8 Å². The summed E-state index contributed by atoms with van der Waals surface area (Å²) in [7, 11) is 0. The SMILES string of the molecule is Fc1ccc(CSc2nnc(-c3ccco3)n2-c2ccccc2F)c(F)c1. The normalized spacial score (nSPS) is 11.1. The third-order valence-electron chi connectivity index (χ3n) is 3.84. The summed E-state index contributed by atoms with van der Waals surface area (Å²) >= 11 is 1.16. The number of furan rings is 1. The molecule has 8 heteroatoms. The molecule has 0 aliphatic heterocycles. The third-order valence-corrected chi connectivity index (χ3v) is 4.82. The fraction of sp³-hybridized carbons (Fsp3) is 0.0526. The van der Waals surface area contributed by atoms with Gasteiger partial charge in [-0.1, -0.05) is 30.0 Å². The van der Waals surface area contributed by atoms with Crippen LogP contribution in [0.4, 0.5) is 13.2 Å². The fourth-order valence-electron chi connectivity index (χ4n) is 2.56. The second kappa shape index (κ2) is 7.32. The summed E-state index contributed by atoms with van der Waals surface area (Å²) in [4.78, 5) is 0. The Morgan fingerprint density at radius 3 is 2.52 bits per heavy atom. The van der Waals surface area contributed by atoms with Gasteiger partial charge in [-0.15, -0.1) is 10.2 Å². The maximum atomic E-state index is 14.4. The molecule has 27 heavy (non-hydrogen) atoms. The van der Waals surface area contributed by atoms with Crippen LogP contribution in [0.15, 0.2) is 70.4 Å². The Balaban J connectivity index is 1.74. The summed E-state index contributed by atoms with van der Waals surface area (Å²) in [6.45, 7) is 0. The molecule has 2 aromatic carbocycles. The predicted octanol–water partition coefficient (Wildman–Crippen LogP) is 5.24. The first kappa shape index (κ1) is 17.4. The van der Waals surface area contributed by atoms with Crippen molar-refractivity contribution >= 4 is 11.8 Å². The molecule has 0 saturated carbocycles. The molecule has 2 heterocycles. The Bertz CT molecular complexity index is 1080. The van der Waals surface area contributed by atoms with E-state index in [9.17, 15) is 13.2 Å². The van der Waals surface area contributed by atoms with E-state index in [-0.39, 0.29) is 11.4 Å². The Morgan fingerprint density at radius 1 is 0.926 bits per heavy atom. The van der Waals surface area contributed by atoms with Crippen LogP contribution in [0.5, 0.6) is 0 Å². The highest BCUT2D eigenvalue weighted by atomic mass is 32.2. The minimum atomic E-state index is -0.647. The molecule has 0 N–H and O–H groups in total. The third kappa shape index (κ3) is 3.48. The molecule has 0 aliphatic carbocycles. The zero-order chi connectivity index (χ0) is 18.8. The smallest absolute Gasteiger partial charge is 0.205 e. The van der Waals surface area contributed by atoms with E-state index in [1.807, 2.05) is 0 Å². The van der Waals surface area contributed by atoms with E-state index in [1.54, 1.807) is 30.3 Å². The molecule has 4 aromatic rings. The van der Waals surface area contributed by atoms with Crippen molar-refractivity contribution < 1.29 is 17.6 Å². The lowest BCUT2D eigenvalue weighted by molar-refractivity contribution is 0.572. The van der Waals surface area contributed by atoms with Crippen LogP contribution in [0.1, 0.15) is 5.56 Å². The van der Waals surface area contributed by atoms with Crippen LogP contribution in [-0.2, 0) is 5.75 Å². The first-order valence-corrected chi connectivity index (χ1v) is 8.93. The number of aromatic nitrogens is 3. The van der Waals surface area contributed by atoms with Crippen molar-refractivity contribution in [1.82, 2.24) is 14.8 Å². The van der Waals surface area contributed by atoms with Gasteiger partial charge < -0.3 is 4.42 Å². The summed E-state index contributed by atoms with van der Waals surface area (Å²) in [5.41, 5.74) is 0.556. The highest BCUT2D eigenvalue weighted by molar-refractivity contribution is 7.98. The van der Waals surface area contributed by atoms with E-state index < -0.39 is 17.5 Å². The van der Waals surface area contributed by atoms with Crippen LogP contribution in [-0.4, -0.2) is 14.8 Å². The lowest BCUT2D eigenvalue weighted by Crippen LogP contribution is -2.02. The molecule has 0 unspecified atom stereocenters. The van der Waals surface area contributed by atoms with Crippen molar-refractivity contribution in [2.75, 3.05) is 0 Å². The topological polar surface area (TPSA) is 43.9 Å². The van der Waals surface area contributed by atoms with Crippen molar-refractivity contribution in [3.8, 4) is 17.3 Å². The Labute approximate surface area is 156 Å². The van der Waals surface area contributed by atoms with Gasteiger partial charge in [0.15, 0.2) is 10.9 Å². The molecular formula is C19H12F3N3OS. The fourth-order valence-corrected chi connectivity index (χ4v) is 3.49. The summed E-state index contributed by atoms with van der Waals surface area (Å²) in [6, 6.07) is 13.0. The average molecular weight is 387 g/mol. The number of thioether (sulfide) groups is 1. The van der Waals surface area contributed by atoms with Gasteiger partial charge in [0, 0.05) is 11.8 Å². The van der Waals surface area contributed by atoms with Gasteiger partial charge in [0.1, 0.15) is 17.5 Å². The van der Waals surface area contributed by atoms with Crippen molar-refractivity contribution in [2.45, 2.75) is 10.9 Å². The number of hydrogen-bond acceptors (Lipinski definition) is 4. The minimum absolute atomic E-state index is 0.177. The molecular weight excluding hydrogens is 375 g/mol. The number of hydrogen-bond donors (Lipinski definition) is 0. The maximum Gasteiger partial charge on any atom is 0.205 e. The van der Waals surface area contributed by atoms with Gasteiger partial charge in [-0.3, -0.25) is 4.57 Å². The lowest BCUT2D eigenvalue weighted by Gasteiger charge is -2.10. The number of rotatable bonds is 5. The first-order chi connectivity index (χ1) is 13.1. The van der Waals surface area contributed by atoms with Crippen molar-refractivity contribution in [3.05, 3.63) is 83.9 Å². The summed E-state index contributed by atoms with van der Waals surface area (Å²) in [5, 5.41) is 8.56. The largest absolute Gasteiger partial charge is 0.461 e. The molecule has 0 radical (unpaired) electrons. The van der Waals surface area contributed by atoms with Gasteiger partial charge >= 0.3 is 0 Å². The van der Waals surface area contributed by atoms with Crippen molar-refractivity contribution in [3.63, 3.8) is 0 Å². The molecule has 0 spiro atoms. The number of nitrogens with zero attached hydrogens (tertiary/aromatic N) is 3. The van der Waals surface area contributed by atoms with E-state index in [0.717, 1.165) is 17.8 Å². The molecule has 0 amide bonds. The second-order valence-corrected chi connectivity index (χ2v) is 6.54. The highest BCUT2D eigenvalue weighted by Crippen LogP contribution is 2.31. The van der Waals surface area contributed by atoms with Gasteiger partial charge in [0.05, 0.1) is 12.0 Å². The van der Waals surface area contributed by atoms with Gasteiger partial charge in [0.2, 0.25) is 5.82 Å². The highest BCUT2D eigenvalue weighted by Gasteiger charge is 2.20. The number of benzene rings is 2. The summed E-state index contributed by atoms with van der Waals surface area (Å²) in [5.74, 6) is -0.823.